The van der Waals surface area contributed by atoms with E-state index in [1.807, 2.05) is 0 Å². The minimum absolute atomic E-state index is 0.109. The first-order chi connectivity index (χ1) is 11.0. The van der Waals surface area contributed by atoms with Crippen LogP contribution in [0.1, 0.15) is 42.2 Å². The standard InChI is InChI=1S/C16H24N4O3/c1-4-5-11(6-7-21)9-17-15(22)12-8-10(2)18-14-13(12)16(23)19-20(14)3/h8,11,21H,4-7,9H2,1-3H3,(H,17,22)(H,19,23). The molecule has 2 rings (SSSR count). The second kappa shape index (κ2) is 7.41. The summed E-state index contributed by atoms with van der Waals surface area (Å²) >= 11 is 0. The van der Waals surface area contributed by atoms with Gasteiger partial charge in [-0.1, -0.05) is 13.3 Å². The number of amides is 1. The summed E-state index contributed by atoms with van der Waals surface area (Å²) < 4.78 is 1.52. The average Bonchev–Trinajstić information content (AvgIpc) is 2.79. The molecule has 7 heteroatoms. The van der Waals surface area contributed by atoms with Crippen molar-refractivity contribution in [2.24, 2.45) is 13.0 Å². The first-order valence-electron chi connectivity index (χ1n) is 7.93. The van der Waals surface area contributed by atoms with Gasteiger partial charge in [-0.05, 0) is 31.7 Å². The Bertz CT molecular complexity index is 742. The molecule has 0 spiro atoms. The van der Waals surface area contributed by atoms with Crippen molar-refractivity contribution in [2.45, 2.75) is 33.1 Å². The smallest absolute Gasteiger partial charge is 0.274 e. The fourth-order valence-electron chi connectivity index (χ4n) is 2.84. The summed E-state index contributed by atoms with van der Waals surface area (Å²) in [5.41, 5.74) is 1.17. The zero-order chi connectivity index (χ0) is 17.0. The zero-order valence-corrected chi connectivity index (χ0v) is 13.8. The van der Waals surface area contributed by atoms with Crippen LogP contribution < -0.4 is 10.9 Å². The van der Waals surface area contributed by atoms with E-state index < -0.39 is 0 Å². The molecule has 1 amide bonds. The highest BCUT2D eigenvalue weighted by molar-refractivity contribution is 6.05. The van der Waals surface area contributed by atoms with Crippen LogP contribution in [0.15, 0.2) is 10.9 Å². The molecular weight excluding hydrogens is 296 g/mol. The Morgan fingerprint density at radius 2 is 2.22 bits per heavy atom. The van der Waals surface area contributed by atoms with Gasteiger partial charge in [0.25, 0.3) is 11.5 Å². The van der Waals surface area contributed by atoms with E-state index in [0.29, 0.717) is 35.3 Å². The molecule has 0 radical (unpaired) electrons. The number of rotatable bonds is 7. The monoisotopic (exact) mass is 320 g/mol. The van der Waals surface area contributed by atoms with E-state index in [9.17, 15) is 9.59 Å². The molecule has 23 heavy (non-hydrogen) atoms. The van der Waals surface area contributed by atoms with Crippen LogP contribution in [-0.2, 0) is 7.05 Å². The lowest BCUT2D eigenvalue weighted by Gasteiger charge is -2.16. The normalized spacial score (nSPS) is 12.5. The molecule has 0 aliphatic carbocycles. The minimum Gasteiger partial charge on any atom is -0.396 e. The lowest BCUT2D eigenvalue weighted by atomic mass is 10.00. The molecule has 2 aromatic rings. The summed E-state index contributed by atoms with van der Waals surface area (Å²) in [7, 11) is 1.69. The summed E-state index contributed by atoms with van der Waals surface area (Å²) in [5.74, 6) is -0.0438. The van der Waals surface area contributed by atoms with E-state index in [0.717, 1.165) is 12.8 Å². The van der Waals surface area contributed by atoms with Crippen molar-refractivity contribution in [1.29, 1.82) is 0 Å². The van der Waals surface area contributed by atoms with Gasteiger partial charge in [0.05, 0.1) is 10.9 Å². The first kappa shape index (κ1) is 17.2. The van der Waals surface area contributed by atoms with E-state index in [4.69, 9.17) is 5.11 Å². The lowest BCUT2D eigenvalue weighted by molar-refractivity contribution is 0.0944. The summed E-state index contributed by atoms with van der Waals surface area (Å²) in [6.07, 6.45) is 2.60. The zero-order valence-electron chi connectivity index (χ0n) is 13.8. The topological polar surface area (TPSA) is 100 Å². The Morgan fingerprint density at radius 1 is 1.48 bits per heavy atom. The van der Waals surface area contributed by atoms with Crippen molar-refractivity contribution in [1.82, 2.24) is 20.1 Å². The van der Waals surface area contributed by atoms with Gasteiger partial charge in [0.1, 0.15) is 0 Å². The van der Waals surface area contributed by atoms with E-state index in [2.05, 4.69) is 22.3 Å². The van der Waals surface area contributed by atoms with Crippen molar-refractivity contribution in [2.75, 3.05) is 13.2 Å². The van der Waals surface area contributed by atoms with Crippen molar-refractivity contribution in [3.8, 4) is 0 Å². The highest BCUT2D eigenvalue weighted by Crippen LogP contribution is 2.15. The highest BCUT2D eigenvalue weighted by Gasteiger charge is 2.18. The van der Waals surface area contributed by atoms with Gasteiger partial charge in [0.2, 0.25) is 0 Å². The van der Waals surface area contributed by atoms with Crippen LogP contribution >= 0.6 is 0 Å². The van der Waals surface area contributed by atoms with E-state index in [1.165, 1.54) is 4.68 Å². The summed E-state index contributed by atoms with van der Waals surface area (Å²) in [6, 6.07) is 1.63. The van der Waals surface area contributed by atoms with E-state index in [1.54, 1.807) is 20.0 Å². The van der Waals surface area contributed by atoms with Gasteiger partial charge in [-0.3, -0.25) is 19.4 Å². The third kappa shape index (κ3) is 3.79. The molecule has 0 saturated heterocycles. The summed E-state index contributed by atoms with van der Waals surface area (Å²) in [6.45, 7) is 4.46. The third-order valence-corrected chi connectivity index (χ3v) is 3.97. The molecule has 0 bridgehead atoms. The molecule has 1 unspecified atom stereocenters. The van der Waals surface area contributed by atoms with Gasteiger partial charge in [-0.25, -0.2) is 4.98 Å². The van der Waals surface area contributed by atoms with E-state index >= 15 is 0 Å². The molecule has 0 aliphatic heterocycles. The molecule has 126 valence electrons. The number of carbonyl (C=O) groups is 1. The highest BCUT2D eigenvalue weighted by atomic mass is 16.3. The number of hydrogen-bond donors (Lipinski definition) is 3. The molecule has 0 aromatic carbocycles. The fourth-order valence-corrected chi connectivity index (χ4v) is 2.84. The number of aromatic amines is 1. The SMILES string of the molecule is CCCC(CCO)CNC(=O)c1cc(C)nc2c1c(=O)[nH]n2C. The average molecular weight is 320 g/mol. The molecule has 2 aromatic heterocycles. The van der Waals surface area contributed by atoms with Gasteiger partial charge in [0.15, 0.2) is 5.65 Å². The van der Waals surface area contributed by atoms with Gasteiger partial charge < -0.3 is 10.4 Å². The van der Waals surface area contributed by atoms with Crippen LogP contribution in [-0.4, -0.2) is 38.9 Å². The summed E-state index contributed by atoms with van der Waals surface area (Å²) in [4.78, 5) is 28.9. The second-order valence-electron chi connectivity index (χ2n) is 5.89. The number of aliphatic hydroxyl groups excluding tert-OH is 1. The molecule has 0 fully saturated rings. The molecule has 7 nitrogen and oxygen atoms in total. The number of aromatic nitrogens is 3. The van der Waals surface area contributed by atoms with Crippen molar-refractivity contribution < 1.29 is 9.90 Å². The molecule has 0 aliphatic rings. The van der Waals surface area contributed by atoms with Gasteiger partial charge in [0, 0.05) is 25.9 Å². The second-order valence-corrected chi connectivity index (χ2v) is 5.89. The number of hydrogen-bond acceptors (Lipinski definition) is 4. The Kier molecular flexibility index (Phi) is 5.54. The fraction of sp³-hybridized carbons (Fsp3) is 0.562. The Morgan fingerprint density at radius 3 is 2.87 bits per heavy atom. The molecule has 0 saturated carbocycles. The van der Waals surface area contributed by atoms with Crippen LogP contribution in [0, 0.1) is 12.8 Å². The van der Waals surface area contributed by atoms with Crippen LogP contribution in [0.5, 0.6) is 0 Å². The number of nitrogens with one attached hydrogen (secondary N) is 2. The molecule has 1 atom stereocenters. The number of aliphatic hydroxyl groups is 1. The van der Waals surface area contributed by atoms with Gasteiger partial charge in [-0.15, -0.1) is 0 Å². The number of H-pyrrole nitrogens is 1. The quantitative estimate of drug-likeness (QED) is 0.711. The van der Waals surface area contributed by atoms with Crippen molar-refractivity contribution >= 4 is 16.9 Å². The number of carbonyl (C=O) groups excluding carboxylic acids is 1. The van der Waals surface area contributed by atoms with Gasteiger partial charge in [-0.2, -0.15) is 0 Å². The number of pyridine rings is 1. The van der Waals surface area contributed by atoms with Crippen LogP contribution in [0.2, 0.25) is 0 Å². The Labute approximate surface area is 134 Å². The van der Waals surface area contributed by atoms with E-state index in [-0.39, 0.29) is 24.0 Å². The number of aryl methyl sites for hydroxylation is 2. The van der Waals surface area contributed by atoms with Crippen molar-refractivity contribution in [3.63, 3.8) is 0 Å². The lowest BCUT2D eigenvalue weighted by Crippen LogP contribution is -2.30. The molecule has 3 N–H and O–H groups in total. The van der Waals surface area contributed by atoms with Gasteiger partial charge >= 0.3 is 0 Å². The minimum atomic E-state index is -0.319. The number of fused-ring (bicyclic) bond motifs is 1. The predicted octanol–water partition coefficient (Wildman–Crippen LogP) is 1.10. The van der Waals surface area contributed by atoms with Crippen LogP contribution in [0.25, 0.3) is 11.0 Å². The first-order valence-corrected chi connectivity index (χ1v) is 7.93. The largest absolute Gasteiger partial charge is 0.396 e. The van der Waals surface area contributed by atoms with Crippen LogP contribution in [0.4, 0.5) is 0 Å². The molecule has 2 heterocycles. The van der Waals surface area contributed by atoms with Crippen LogP contribution in [0.3, 0.4) is 0 Å². The Hall–Kier alpha value is -2.15. The number of nitrogens with zero attached hydrogens (tertiary/aromatic N) is 2. The maximum atomic E-state index is 12.5. The summed E-state index contributed by atoms with van der Waals surface area (Å²) in [5, 5.41) is 14.9. The Balaban J connectivity index is 2.26. The van der Waals surface area contributed by atoms with Crippen molar-refractivity contribution in [3.05, 3.63) is 27.7 Å². The molecular formula is C16H24N4O3. The predicted molar refractivity (Wildman–Crippen MR) is 88.5 cm³/mol. The maximum absolute atomic E-state index is 12.5. The third-order valence-electron chi connectivity index (χ3n) is 3.97. The maximum Gasteiger partial charge on any atom is 0.274 e.